The van der Waals surface area contributed by atoms with Crippen LogP contribution in [0.2, 0.25) is 0 Å². The molecule has 5 N–H and O–H groups in total. The predicted octanol–water partition coefficient (Wildman–Crippen LogP) is 3.90. The van der Waals surface area contributed by atoms with Gasteiger partial charge in [-0.25, -0.2) is 0 Å². The van der Waals surface area contributed by atoms with Crippen LogP contribution in [0.4, 0.5) is 11.4 Å². The van der Waals surface area contributed by atoms with Crippen LogP contribution in [0.5, 0.6) is 11.5 Å². The standard InChI is InChI=1S/C35H33N5O4/c1-3-19-40(39-26-16-15-25(37-2)29-30(26)35(44)23-12-7-6-11-22(23)34(29)43)31-27(38-18-8-17-36)14-13-24-28(31)33(42)21-10-5-4-9-20(21)32(24)41/h4-7,9-16,38,41-42H,3,8,17-19,36H2,1-2H3. The lowest BCUT2D eigenvalue weighted by Crippen LogP contribution is -2.31. The van der Waals surface area contributed by atoms with Gasteiger partial charge in [0.25, 0.3) is 0 Å². The van der Waals surface area contributed by atoms with Gasteiger partial charge in [-0.1, -0.05) is 55.5 Å². The minimum atomic E-state index is -0.304. The second-order valence-electron chi connectivity index (χ2n) is 10.7. The van der Waals surface area contributed by atoms with Gasteiger partial charge in [-0.3, -0.25) is 19.6 Å². The number of benzene rings is 4. The molecule has 0 atom stereocenters. The molecule has 0 aromatic heterocycles. The maximum atomic E-state index is 13.9. The SMILES string of the molecule is CCCN(N=c1ccc(=NC)c2c(=O)c3ccccc3c(=O)c1=2)c1c(NCCCN)ccc2c(O)c3ccccc3c(O)c12. The number of rotatable bonds is 8. The Morgan fingerprint density at radius 1 is 0.773 bits per heavy atom. The molecule has 0 aliphatic heterocycles. The van der Waals surface area contributed by atoms with Crippen molar-refractivity contribution < 1.29 is 10.2 Å². The molecule has 2 aliphatic carbocycles. The molecule has 0 bridgehead atoms. The molecule has 4 aromatic rings. The first-order valence-corrected chi connectivity index (χ1v) is 14.7. The van der Waals surface area contributed by atoms with Gasteiger partial charge in [0.15, 0.2) is 10.9 Å². The molecule has 9 nitrogen and oxygen atoms in total. The fourth-order valence-electron chi connectivity index (χ4n) is 5.95. The van der Waals surface area contributed by atoms with Gasteiger partial charge in [0.05, 0.1) is 37.9 Å². The van der Waals surface area contributed by atoms with Crippen LogP contribution in [0.1, 0.15) is 19.8 Å². The van der Waals surface area contributed by atoms with E-state index < -0.39 is 0 Å². The number of nitrogens with zero attached hydrogens (tertiary/aromatic N) is 3. The molecule has 4 aromatic carbocycles. The van der Waals surface area contributed by atoms with Crippen molar-refractivity contribution in [1.29, 1.82) is 0 Å². The third-order valence-corrected chi connectivity index (χ3v) is 8.00. The Kier molecular flexibility index (Phi) is 7.71. The minimum absolute atomic E-state index is 0.00418. The number of nitrogens with two attached hydrogens (primary N) is 1. The van der Waals surface area contributed by atoms with Crippen molar-refractivity contribution in [2.24, 2.45) is 15.8 Å². The maximum Gasteiger partial charge on any atom is 0.196 e. The number of phenols is 2. The lowest BCUT2D eigenvalue weighted by Gasteiger charge is -2.25. The molecule has 0 fully saturated rings. The van der Waals surface area contributed by atoms with Crippen molar-refractivity contribution in [3.05, 3.63) is 114 Å². The highest BCUT2D eigenvalue weighted by Crippen LogP contribution is 2.48. The molecular formula is C35H33N5O4. The lowest BCUT2D eigenvalue weighted by molar-refractivity contribution is 0.478. The fourth-order valence-corrected chi connectivity index (χ4v) is 5.95. The number of aromatic hydroxyl groups is 2. The van der Waals surface area contributed by atoms with Crippen LogP contribution in [-0.2, 0) is 0 Å². The summed E-state index contributed by atoms with van der Waals surface area (Å²) in [5, 5.41) is 36.9. The normalized spacial score (nSPS) is 12.6. The molecule has 0 spiro atoms. The van der Waals surface area contributed by atoms with E-state index in [1.165, 1.54) is 0 Å². The summed E-state index contributed by atoms with van der Waals surface area (Å²) in [6.07, 6.45) is 1.38. The van der Waals surface area contributed by atoms with Crippen molar-refractivity contribution >= 4 is 43.7 Å². The lowest BCUT2D eigenvalue weighted by atomic mass is 9.98. The highest BCUT2D eigenvalue weighted by atomic mass is 16.3. The van der Waals surface area contributed by atoms with Crippen LogP contribution in [0, 0.1) is 10.4 Å². The van der Waals surface area contributed by atoms with Gasteiger partial charge < -0.3 is 21.3 Å². The molecule has 0 saturated carbocycles. The smallest absolute Gasteiger partial charge is 0.196 e. The van der Waals surface area contributed by atoms with E-state index in [0.29, 0.717) is 86.9 Å². The van der Waals surface area contributed by atoms with E-state index in [1.807, 2.05) is 19.1 Å². The summed E-state index contributed by atoms with van der Waals surface area (Å²) in [7, 11) is 1.59. The summed E-state index contributed by atoms with van der Waals surface area (Å²) in [4.78, 5) is 31.9. The Morgan fingerprint density at radius 3 is 1.98 bits per heavy atom. The average molecular weight is 588 g/mol. The van der Waals surface area contributed by atoms with E-state index >= 15 is 0 Å². The quantitative estimate of drug-likeness (QED) is 0.0916. The van der Waals surface area contributed by atoms with Crippen molar-refractivity contribution in [2.75, 3.05) is 37.0 Å². The topological polar surface area (TPSA) is 141 Å². The van der Waals surface area contributed by atoms with E-state index in [1.54, 1.807) is 72.7 Å². The largest absolute Gasteiger partial charge is 0.507 e. The summed E-state index contributed by atoms with van der Waals surface area (Å²) in [6, 6.07) is 20.9. The monoisotopic (exact) mass is 587 g/mol. The van der Waals surface area contributed by atoms with Crippen LogP contribution in [0.25, 0.3) is 32.3 Å². The Morgan fingerprint density at radius 2 is 1.36 bits per heavy atom. The van der Waals surface area contributed by atoms with Gasteiger partial charge in [0, 0.05) is 47.1 Å². The number of phenolic OH excluding ortho intramolecular Hbond substituents is 2. The predicted molar refractivity (Wildman–Crippen MR) is 176 cm³/mol. The van der Waals surface area contributed by atoms with E-state index in [4.69, 9.17) is 10.8 Å². The number of fused-ring (bicyclic) bond motifs is 3. The molecule has 0 unspecified atom stereocenters. The fraction of sp³-hybridized carbons (Fsp3) is 0.200. The highest BCUT2D eigenvalue weighted by molar-refractivity contribution is 6.16. The van der Waals surface area contributed by atoms with Crippen molar-refractivity contribution in [2.45, 2.75) is 19.8 Å². The molecule has 222 valence electrons. The molecule has 2 aliphatic rings. The first kappa shape index (κ1) is 28.8. The van der Waals surface area contributed by atoms with Gasteiger partial charge in [0.1, 0.15) is 11.5 Å². The zero-order chi connectivity index (χ0) is 31.0. The van der Waals surface area contributed by atoms with E-state index in [9.17, 15) is 19.8 Å². The number of hydrogen-bond donors (Lipinski definition) is 4. The Labute approximate surface area is 252 Å². The minimum Gasteiger partial charge on any atom is -0.507 e. The molecule has 0 amide bonds. The number of anilines is 2. The first-order chi connectivity index (χ1) is 21.4. The van der Waals surface area contributed by atoms with Crippen LogP contribution in [0.3, 0.4) is 0 Å². The second kappa shape index (κ2) is 11.8. The van der Waals surface area contributed by atoms with Gasteiger partial charge in [-0.05, 0) is 43.7 Å². The second-order valence-corrected chi connectivity index (χ2v) is 10.7. The summed E-state index contributed by atoms with van der Waals surface area (Å²) in [5.74, 6) is 0.0489. The van der Waals surface area contributed by atoms with E-state index in [-0.39, 0.29) is 32.8 Å². The zero-order valence-corrected chi connectivity index (χ0v) is 24.6. The highest BCUT2D eigenvalue weighted by Gasteiger charge is 2.22. The zero-order valence-electron chi connectivity index (χ0n) is 24.6. The molecule has 0 saturated heterocycles. The van der Waals surface area contributed by atoms with Gasteiger partial charge in [0.2, 0.25) is 0 Å². The molecule has 44 heavy (non-hydrogen) atoms. The third-order valence-electron chi connectivity index (χ3n) is 8.00. The van der Waals surface area contributed by atoms with Crippen LogP contribution < -0.4 is 37.6 Å². The summed E-state index contributed by atoms with van der Waals surface area (Å²) in [6.45, 7) is 3.47. The first-order valence-electron chi connectivity index (χ1n) is 14.7. The molecule has 0 radical (unpaired) electrons. The molecule has 9 heteroatoms. The van der Waals surface area contributed by atoms with Crippen LogP contribution >= 0.6 is 0 Å². The molecular weight excluding hydrogens is 554 g/mol. The number of nitrogens with one attached hydrogen (secondary N) is 1. The summed E-state index contributed by atoms with van der Waals surface area (Å²) < 4.78 is 0. The summed E-state index contributed by atoms with van der Waals surface area (Å²) >= 11 is 0. The number of hydrogen-bond acceptors (Lipinski definition) is 9. The Bertz CT molecular complexity index is 2360. The Hall–Kier alpha value is -5.28. The van der Waals surface area contributed by atoms with Crippen molar-refractivity contribution in [3.8, 4) is 11.5 Å². The van der Waals surface area contributed by atoms with Crippen molar-refractivity contribution in [3.63, 3.8) is 0 Å². The Balaban J connectivity index is 1.77. The van der Waals surface area contributed by atoms with Gasteiger partial charge >= 0.3 is 0 Å². The van der Waals surface area contributed by atoms with Crippen LogP contribution in [0.15, 0.2) is 92.5 Å². The molecule has 0 heterocycles. The van der Waals surface area contributed by atoms with Gasteiger partial charge in [-0.2, -0.15) is 5.10 Å². The van der Waals surface area contributed by atoms with E-state index in [0.717, 1.165) is 0 Å². The maximum absolute atomic E-state index is 13.9. The third kappa shape index (κ3) is 4.62. The van der Waals surface area contributed by atoms with Crippen LogP contribution in [-0.4, -0.2) is 36.9 Å². The average Bonchev–Trinajstić information content (AvgIpc) is 3.05. The van der Waals surface area contributed by atoms with E-state index in [2.05, 4.69) is 10.3 Å². The molecule has 6 rings (SSSR count). The van der Waals surface area contributed by atoms with Gasteiger partial charge in [-0.15, -0.1) is 0 Å². The van der Waals surface area contributed by atoms with Crippen molar-refractivity contribution in [1.82, 2.24) is 0 Å². The summed E-state index contributed by atoms with van der Waals surface area (Å²) in [5.41, 5.74) is 6.40.